The summed E-state index contributed by atoms with van der Waals surface area (Å²) in [5, 5.41) is 0. The second-order valence-corrected chi connectivity index (χ2v) is 5.46. The lowest BCUT2D eigenvalue weighted by atomic mass is 10.3. The van der Waals surface area contributed by atoms with Gasteiger partial charge in [0.1, 0.15) is 0 Å². The third-order valence-electron chi connectivity index (χ3n) is 1.88. The predicted molar refractivity (Wildman–Crippen MR) is 55.9 cm³/mol. The van der Waals surface area contributed by atoms with Crippen molar-refractivity contribution in [3.63, 3.8) is 0 Å². The van der Waals surface area contributed by atoms with Crippen molar-refractivity contribution in [1.82, 2.24) is 9.71 Å². The summed E-state index contributed by atoms with van der Waals surface area (Å²) >= 11 is 1.42. The first-order valence-corrected chi connectivity index (χ1v) is 6.26. The van der Waals surface area contributed by atoms with Gasteiger partial charge in [0.2, 0.25) is 10.0 Å². The number of nitrogens with one attached hydrogen (secondary N) is 1. The molecule has 0 aliphatic rings. The molecule has 2 aromatic rings. The van der Waals surface area contributed by atoms with Gasteiger partial charge in [0.05, 0.1) is 20.6 Å². The van der Waals surface area contributed by atoms with Gasteiger partial charge in [-0.05, 0) is 25.2 Å². The zero-order valence-electron chi connectivity index (χ0n) is 7.39. The molecule has 0 amide bonds. The summed E-state index contributed by atoms with van der Waals surface area (Å²) < 4.78 is 26.0. The molecule has 0 spiro atoms. The van der Waals surface area contributed by atoms with Gasteiger partial charge in [-0.1, -0.05) is 0 Å². The van der Waals surface area contributed by atoms with Crippen LogP contribution in [0, 0.1) is 0 Å². The molecule has 0 atom stereocenters. The highest BCUT2D eigenvalue weighted by atomic mass is 32.2. The Hall–Kier alpha value is -0.980. The molecule has 0 saturated carbocycles. The number of hydrogen-bond donors (Lipinski definition) is 1. The van der Waals surface area contributed by atoms with E-state index in [4.69, 9.17) is 0 Å². The molecule has 14 heavy (non-hydrogen) atoms. The molecule has 0 radical (unpaired) electrons. The van der Waals surface area contributed by atoms with Crippen LogP contribution in [0.2, 0.25) is 0 Å². The quantitative estimate of drug-likeness (QED) is 0.840. The summed E-state index contributed by atoms with van der Waals surface area (Å²) in [5.74, 6) is 0. The molecule has 1 heterocycles. The summed E-state index contributed by atoms with van der Waals surface area (Å²) in [7, 11) is -1.94. The molecule has 4 nitrogen and oxygen atoms in total. The van der Waals surface area contributed by atoms with Crippen LogP contribution in [0.1, 0.15) is 0 Å². The van der Waals surface area contributed by atoms with E-state index >= 15 is 0 Å². The first-order chi connectivity index (χ1) is 6.63. The second kappa shape index (κ2) is 3.30. The van der Waals surface area contributed by atoms with Crippen LogP contribution >= 0.6 is 11.3 Å². The molecule has 0 aliphatic carbocycles. The van der Waals surface area contributed by atoms with Crippen molar-refractivity contribution in [1.29, 1.82) is 0 Å². The van der Waals surface area contributed by atoms with Gasteiger partial charge in [0, 0.05) is 0 Å². The topological polar surface area (TPSA) is 59.1 Å². The summed E-state index contributed by atoms with van der Waals surface area (Å²) in [6.45, 7) is 0. The van der Waals surface area contributed by atoms with E-state index in [-0.39, 0.29) is 4.90 Å². The highest BCUT2D eigenvalue weighted by Gasteiger charge is 2.11. The summed E-state index contributed by atoms with van der Waals surface area (Å²) in [4.78, 5) is 4.35. The van der Waals surface area contributed by atoms with Gasteiger partial charge in [-0.2, -0.15) is 0 Å². The van der Waals surface area contributed by atoms with Gasteiger partial charge in [0.15, 0.2) is 0 Å². The molecule has 74 valence electrons. The van der Waals surface area contributed by atoms with Crippen molar-refractivity contribution in [2.75, 3.05) is 7.05 Å². The fourth-order valence-electron chi connectivity index (χ4n) is 1.12. The van der Waals surface area contributed by atoms with Crippen molar-refractivity contribution in [3.05, 3.63) is 23.7 Å². The van der Waals surface area contributed by atoms with Crippen LogP contribution in [0.5, 0.6) is 0 Å². The summed E-state index contributed by atoms with van der Waals surface area (Å²) in [6.07, 6.45) is 0. The first kappa shape index (κ1) is 9.57. The number of aromatic nitrogens is 1. The molecule has 0 saturated heterocycles. The Labute approximate surface area is 85.6 Å². The van der Waals surface area contributed by atoms with E-state index < -0.39 is 10.0 Å². The third-order valence-corrected chi connectivity index (χ3v) is 4.09. The Bertz CT molecular complexity index is 559. The monoisotopic (exact) mass is 228 g/mol. The average molecular weight is 228 g/mol. The molecule has 0 aliphatic heterocycles. The van der Waals surface area contributed by atoms with E-state index in [9.17, 15) is 8.42 Å². The fraction of sp³-hybridized carbons (Fsp3) is 0.125. The van der Waals surface area contributed by atoms with Gasteiger partial charge >= 0.3 is 0 Å². The van der Waals surface area contributed by atoms with E-state index in [0.29, 0.717) is 0 Å². The molecule has 0 bridgehead atoms. The summed E-state index contributed by atoms with van der Waals surface area (Å²) in [5.41, 5.74) is 2.52. The van der Waals surface area contributed by atoms with Gasteiger partial charge < -0.3 is 0 Å². The number of nitrogens with zero attached hydrogens (tertiary/aromatic N) is 1. The number of rotatable bonds is 2. The van der Waals surface area contributed by atoms with Crippen LogP contribution in [-0.2, 0) is 10.0 Å². The van der Waals surface area contributed by atoms with Crippen LogP contribution < -0.4 is 4.72 Å². The fourth-order valence-corrected chi connectivity index (χ4v) is 2.67. The zero-order chi connectivity index (χ0) is 10.2. The van der Waals surface area contributed by atoms with Gasteiger partial charge in [-0.25, -0.2) is 18.1 Å². The second-order valence-electron chi connectivity index (χ2n) is 2.69. The molecule has 0 fully saturated rings. The number of benzene rings is 1. The van der Waals surface area contributed by atoms with Crippen molar-refractivity contribution in [2.24, 2.45) is 0 Å². The third kappa shape index (κ3) is 1.52. The van der Waals surface area contributed by atoms with Gasteiger partial charge in [-0.15, -0.1) is 11.3 Å². The Morgan fingerprint density at radius 1 is 1.43 bits per heavy atom. The van der Waals surface area contributed by atoms with E-state index in [1.54, 1.807) is 23.7 Å². The maximum Gasteiger partial charge on any atom is 0.240 e. The highest BCUT2D eigenvalue weighted by molar-refractivity contribution is 7.89. The van der Waals surface area contributed by atoms with Crippen LogP contribution in [0.4, 0.5) is 0 Å². The minimum absolute atomic E-state index is 0.275. The molecule has 1 aromatic heterocycles. The van der Waals surface area contributed by atoms with Crippen LogP contribution in [-0.4, -0.2) is 20.4 Å². The Morgan fingerprint density at radius 2 is 2.21 bits per heavy atom. The molecule has 2 rings (SSSR count). The molecule has 1 N–H and O–H groups in total. The van der Waals surface area contributed by atoms with Crippen molar-refractivity contribution in [2.45, 2.75) is 4.90 Å². The van der Waals surface area contributed by atoms with Crippen LogP contribution in [0.15, 0.2) is 28.6 Å². The number of fused-ring (bicyclic) bond motifs is 1. The molecule has 0 unspecified atom stereocenters. The molecule has 6 heteroatoms. The Morgan fingerprint density at radius 3 is 2.93 bits per heavy atom. The lowest BCUT2D eigenvalue weighted by molar-refractivity contribution is 0.588. The molecular weight excluding hydrogens is 220 g/mol. The van der Waals surface area contributed by atoms with Crippen LogP contribution in [0.3, 0.4) is 0 Å². The van der Waals surface area contributed by atoms with E-state index in [2.05, 4.69) is 9.71 Å². The van der Waals surface area contributed by atoms with Gasteiger partial charge in [-0.3, -0.25) is 0 Å². The van der Waals surface area contributed by atoms with Crippen LogP contribution in [0.25, 0.3) is 10.2 Å². The van der Waals surface area contributed by atoms with E-state index in [1.165, 1.54) is 18.4 Å². The Balaban J connectivity index is 2.65. The maximum absolute atomic E-state index is 11.4. The minimum atomic E-state index is -3.34. The number of hydrogen-bond acceptors (Lipinski definition) is 4. The number of sulfonamides is 1. The maximum atomic E-state index is 11.4. The summed E-state index contributed by atoms with van der Waals surface area (Å²) in [6, 6.07) is 4.88. The van der Waals surface area contributed by atoms with Crippen molar-refractivity contribution in [3.8, 4) is 0 Å². The minimum Gasteiger partial charge on any atom is -0.245 e. The van der Waals surface area contributed by atoms with Crippen molar-refractivity contribution >= 4 is 31.6 Å². The Kier molecular flexibility index (Phi) is 2.26. The lowest BCUT2D eigenvalue weighted by Crippen LogP contribution is -2.18. The predicted octanol–water partition coefficient (Wildman–Crippen LogP) is 1.20. The van der Waals surface area contributed by atoms with Crippen molar-refractivity contribution < 1.29 is 8.42 Å². The SMILES string of the molecule is CNS(=O)(=O)c1ccc2ncsc2c1. The zero-order valence-corrected chi connectivity index (χ0v) is 9.02. The first-order valence-electron chi connectivity index (χ1n) is 3.90. The molecular formula is C8H8N2O2S2. The average Bonchev–Trinajstić information content (AvgIpc) is 2.64. The highest BCUT2D eigenvalue weighted by Crippen LogP contribution is 2.21. The number of thiazole rings is 1. The largest absolute Gasteiger partial charge is 0.245 e. The lowest BCUT2D eigenvalue weighted by Gasteiger charge is -2.00. The smallest absolute Gasteiger partial charge is 0.240 e. The van der Waals surface area contributed by atoms with Gasteiger partial charge in [0.25, 0.3) is 0 Å². The van der Waals surface area contributed by atoms with E-state index in [1.807, 2.05) is 0 Å². The normalized spacial score (nSPS) is 12.1. The van der Waals surface area contributed by atoms with E-state index in [0.717, 1.165) is 10.2 Å². The molecule has 1 aromatic carbocycles. The standard InChI is InChI=1S/C8H8N2O2S2/c1-9-14(11,12)6-2-3-7-8(4-6)13-5-10-7/h2-5,9H,1H3.